The number of carboxylic acid groups (broad SMARTS) is 1. The molecular formula is C15H13Cl2NO4. The first-order chi connectivity index (χ1) is 10.4. The lowest BCUT2D eigenvalue weighted by Gasteiger charge is -2.28. The van der Waals surface area contributed by atoms with Gasteiger partial charge in [-0.05, 0) is 24.6 Å². The average molecular weight is 342 g/mol. The van der Waals surface area contributed by atoms with E-state index in [1.54, 1.807) is 25.1 Å². The van der Waals surface area contributed by atoms with Crippen LogP contribution in [0.2, 0.25) is 10.0 Å². The third-order valence-corrected chi connectivity index (χ3v) is 4.16. The monoisotopic (exact) mass is 341 g/mol. The molecule has 0 saturated carbocycles. The maximum atomic E-state index is 12.0. The highest BCUT2D eigenvalue weighted by molar-refractivity contribution is 6.36. The van der Waals surface area contributed by atoms with Crippen LogP contribution in [0.1, 0.15) is 18.4 Å². The molecular weight excluding hydrogens is 329 g/mol. The summed E-state index contributed by atoms with van der Waals surface area (Å²) in [6.45, 7) is 1.56. The number of benzene rings is 1. The number of aliphatic imine (C=N–C) groups is 1. The minimum absolute atomic E-state index is 0.0205. The minimum atomic E-state index is -1.18. The van der Waals surface area contributed by atoms with Crippen LogP contribution in [0.5, 0.6) is 0 Å². The first kappa shape index (κ1) is 16.5. The van der Waals surface area contributed by atoms with E-state index in [0.29, 0.717) is 11.3 Å². The number of aliphatic carboxylic acids is 1. The highest BCUT2D eigenvalue weighted by Crippen LogP contribution is 2.43. The topological polar surface area (TPSA) is 76.0 Å². The van der Waals surface area contributed by atoms with E-state index in [1.165, 1.54) is 13.3 Å². The lowest BCUT2D eigenvalue weighted by atomic mass is 9.78. The molecule has 2 rings (SSSR count). The molecule has 2 atom stereocenters. The lowest BCUT2D eigenvalue weighted by Crippen LogP contribution is -2.32. The summed E-state index contributed by atoms with van der Waals surface area (Å²) >= 11 is 12.4. The maximum absolute atomic E-state index is 12.0. The van der Waals surface area contributed by atoms with E-state index >= 15 is 0 Å². The summed E-state index contributed by atoms with van der Waals surface area (Å²) in [4.78, 5) is 27.7. The summed E-state index contributed by atoms with van der Waals surface area (Å²) in [6, 6.07) is 4.84. The van der Waals surface area contributed by atoms with Crippen molar-refractivity contribution in [2.75, 3.05) is 7.11 Å². The van der Waals surface area contributed by atoms with Gasteiger partial charge in [0.2, 0.25) is 0 Å². The minimum Gasteiger partial charge on any atom is -0.478 e. The quantitative estimate of drug-likeness (QED) is 0.855. The van der Waals surface area contributed by atoms with Gasteiger partial charge in [-0.1, -0.05) is 29.3 Å². The predicted octanol–water partition coefficient (Wildman–Crippen LogP) is 3.31. The Morgan fingerprint density at radius 2 is 1.86 bits per heavy atom. The molecule has 0 aliphatic carbocycles. The molecule has 7 heteroatoms. The number of hydrogen-bond acceptors (Lipinski definition) is 4. The second-order valence-corrected chi connectivity index (χ2v) is 5.56. The van der Waals surface area contributed by atoms with Gasteiger partial charge in [0.1, 0.15) is 5.92 Å². The summed E-state index contributed by atoms with van der Waals surface area (Å²) in [5.41, 5.74) is 0.658. The molecule has 1 N–H and O–H groups in total. The number of ether oxygens (including phenoxy) is 1. The number of esters is 1. The van der Waals surface area contributed by atoms with Gasteiger partial charge in [-0.3, -0.25) is 9.79 Å². The molecule has 0 radical (unpaired) electrons. The van der Waals surface area contributed by atoms with Gasteiger partial charge >= 0.3 is 11.9 Å². The molecule has 1 aromatic rings. The van der Waals surface area contributed by atoms with E-state index in [0.717, 1.165) is 0 Å². The number of nitrogens with zero attached hydrogens (tertiary/aromatic N) is 1. The molecule has 2 unspecified atom stereocenters. The van der Waals surface area contributed by atoms with Crippen molar-refractivity contribution in [1.82, 2.24) is 0 Å². The number of methoxy groups -OCH3 is 1. The molecule has 1 heterocycles. The van der Waals surface area contributed by atoms with E-state index < -0.39 is 23.8 Å². The summed E-state index contributed by atoms with van der Waals surface area (Å²) in [5.74, 6) is -3.54. The maximum Gasteiger partial charge on any atom is 0.334 e. The number of carboxylic acids is 1. The Balaban J connectivity index is 2.70. The normalized spacial score (nSPS) is 20.9. The number of allylic oxidation sites excluding steroid dienone is 1. The Morgan fingerprint density at radius 3 is 2.36 bits per heavy atom. The first-order valence-electron chi connectivity index (χ1n) is 6.38. The fraction of sp³-hybridized carbons (Fsp3) is 0.267. The van der Waals surface area contributed by atoms with E-state index in [9.17, 15) is 14.7 Å². The van der Waals surface area contributed by atoms with Crippen LogP contribution in [0.25, 0.3) is 0 Å². The van der Waals surface area contributed by atoms with Gasteiger partial charge in [0.05, 0.1) is 12.7 Å². The van der Waals surface area contributed by atoms with Crippen LogP contribution in [-0.4, -0.2) is 30.4 Å². The van der Waals surface area contributed by atoms with Crippen LogP contribution in [-0.2, 0) is 14.3 Å². The molecule has 5 nitrogen and oxygen atoms in total. The van der Waals surface area contributed by atoms with Gasteiger partial charge in [0, 0.05) is 27.9 Å². The van der Waals surface area contributed by atoms with Crippen molar-refractivity contribution in [3.8, 4) is 0 Å². The molecule has 0 bridgehead atoms. The van der Waals surface area contributed by atoms with Gasteiger partial charge < -0.3 is 9.84 Å². The van der Waals surface area contributed by atoms with E-state index in [4.69, 9.17) is 27.9 Å². The number of rotatable bonds is 3. The molecule has 0 saturated heterocycles. The molecule has 116 valence electrons. The molecule has 0 aromatic heterocycles. The summed E-state index contributed by atoms with van der Waals surface area (Å²) in [7, 11) is 1.23. The first-order valence-corrected chi connectivity index (χ1v) is 7.14. The number of carbonyl (C=O) groups is 2. The average Bonchev–Trinajstić information content (AvgIpc) is 2.46. The number of hydrogen-bond donors (Lipinski definition) is 1. The molecule has 0 fully saturated rings. The largest absolute Gasteiger partial charge is 0.478 e. The van der Waals surface area contributed by atoms with Crippen molar-refractivity contribution in [1.29, 1.82) is 0 Å². The Bertz CT molecular complexity index is 677. The zero-order valence-electron chi connectivity index (χ0n) is 11.8. The highest BCUT2D eigenvalue weighted by Gasteiger charge is 2.40. The van der Waals surface area contributed by atoms with E-state index in [-0.39, 0.29) is 15.6 Å². The SMILES string of the molecule is COC(=O)C1C=NC(C)=C(C(=O)O)C1c1c(Cl)cccc1Cl. The van der Waals surface area contributed by atoms with Crippen LogP contribution in [0.4, 0.5) is 0 Å². The van der Waals surface area contributed by atoms with Gasteiger partial charge in [0.15, 0.2) is 0 Å². The van der Waals surface area contributed by atoms with Gasteiger partial charge in [-0.25, -0.2) is 4.79 Å². The Morgan fingerprint density at radius 1 is 1.27 bits per heavy atom. The number of halogens is 2. The lowest BCUT2D eigenvalue weighted by molar-refractivity contribution is -0.143. The molecule has 1 aliphatic rings. The van der Waals surface area contributed by atoms with Crippen molar-refractivity contribution in [3.63, 3.8) is 0 Å². The van der Waals surface area contributed by atoms with Crippen molar-refractivity contribution in [2.45, 2.75) is 12.8 Å². The molecule has 0 amide bonds. The van der Waals surface area contributed by atoms with Crippen LogP contribution >= 0.6 is 23.2 Å². The fourth-order valence-electron chi connectivity index (χ4n) is 2.50. The smallest absolute Gasteiger partial charge is 0.334 e. The predicted molar refractivity (Wildman–Crippen MR) is 83.5 cm³/mol. The second kappa shape index (κ2) is 6.50. The number of carbonyl (C=O) groups excluding carboxylic acids is 1. The summed E-state index contributed by atoms with van der Waals surface area (Å²) in [5, 5.41) is 10.1. The van der Waals surface area contributed by atoms with Crippen molar-refractivity contribution >= 4 is 41.4 Å². The van der Waals surface area contributed by atoms with E-state index in [1.807, 2.05) is 0 Å². The second-order valence-electron chi connectivity index (χ2n) is 4.74. The van der Waals surface area contributed by atoms with Crippen LogP contribution in [0, 0.1) is 5.92 Å². The molecule has 22 heavy (non-hydrogen) atoms. The van der Waals surface area contributed by atoms with Gasteiger partial charge in [-0.2, -0.15) is 0 Å². The third kappa shape index (κ3) is 2.87. The van der Waals surface area contributed by atoms with Crippen LogP contribution in [0.3, 0.4) is 0 Å². The van der Waals surface area contributed by atoms with Crippen LogP contribution in [0.15, 0.2) is 34.5 Å². The summed E-state index contributed by atoms with van der Waals surface area (Å²) < 4.78 is 4.75. The van der Waals surface area contributed by atoms with Crippen molar-refractivity contribution in [3.05, 3.63) is 45.1 Å². The fourth-order valence-corrected chi connectivity index (χ4v) is 3.14. The zero-order chi connectivity index (χ0) is 16.4. The molecule has 1 aromatic carbocycles. The van der Waals surface area contributed by atoms with Gasteiger partial charge in [0.25, 0.3) is 0 Å². The Kier molecular flexibility index (Phi) is 4.88. The molecule has 1 aliphatic heterocycles. The summed E-state index contributed by atoms with van der Waals surface area (Å²) in [6.07, 6.45) is 1.37. The van der Waals surface area contributed by atoms with Crippen molar-refractivity contribution in [2.24, 2.45) is 10.9 Å². The standard InChI is InChI=1S/C15H13Cl2NO4/c1-7-11(14(19)20)12(8(6-18-7)15(21)22-2)13-9(16)4-3-5-10(13)17/h3-6,8,12H,1-2H3,(H,19,20). The Hall–Kier alpha value is -1.85. The third-order valence-electron chi connectivity index (χ3n) is 3.50. The van der Waals surface area contributed by atoms with Crippen LogP contribution < -0.4 is 0 Å². The highest BCUT2D eigenvalue weighted by atomic mass is 35.5. The zero-order valence-corrected chi connectivity index (χ0v) is 13.4. The van der Waals surface area contributed by atoms with E-state index in [2.05, 4.69) is 4.99 Å². The Labute approximate surface area is 137 Å². The van der Waals surface area contributed by atoms with Crippen molar-refractivity contribution < 1.29 is 19.4 Å². The van der Waals surface area contributed by atoms with Gasteiger partial charge in [-0.15, -0.1) is 0 Å². The molecule has 0 spiro atoms.